The Balaban J connectivity index is 1.47. The molecule has 176 valence electrons. The molecule has 1 aliphatic heterocycles. The highest BCUT2D eigenvalue weighted by atomic mass is 19.1. The molecule has 5 nitrogen and oxygen atoms in total. The number of aryl methyl sites for hydroxylation is 1. The molecular weight excluding hydrogens is 436 g/mol. The van der Waals surface area contributed by atoms with Crippen LogP contribution in [0, 0.1) is 18.6 Å². The summed E-state index contributed by atoms with van der Waals surface area (Å²) >= 11 is 0. The minimum absolute atomic E-state index is 0.000373. The zero-order valence-electron chi connectivity index (χ0n) is 19.2. The van der Waals surface area contributed by atoms with Crippen LogP contribution < -0.4 is 5.32 Å². The summed E-state index contributed by atoms with van der Waals surface area (Å²) in [6.07, 6.45) is 1.21. The van der Waals surface area contributed by atoms with Crippen molar-refractivity contribution in [1.29, 1.82) is 0 Å². The molecule has 7 heteroatoms. The number of hydrogen-bond acceptors (Lipinski definition) is 3. The van der Waals surface area contributed by atoms with Crippen molar-refractivity contribution in [2.45, 2.75) is 38.6 Å². The molecule has 0 saturated carbocycles. The summed E-state index contributed by atoms with van der Waals surface area (Å²) in [4.78, 5) is 32.2. The lowest BCUT2D eigenvalue weighted by Crippen LogP contribution is -2.38. The van der Waals surface area contributed by atoms with E-state index in [1.165, 1.54) is 0 Å². The first-order valence-corrected chi connectivity index (χ1v) is 11.4. The van der Waals surface area contributed by atoms with Gasteiger partial charge in [-0.25, -0.2) is 8.78 Å². The second-order valence-electron chi connectivity index (χ2n) is 8.72. The van der Waals surface area contributed by atoms with Crippen LogP contribution in [0.4, 0.5) is 8.78 Å². The van der Waals surface area contributed by atoms with Crippen LogP contribution in [0.15, 0.2) is 60.7 Å². The van der Waals surface area contributed by atoms with Crippen molar-refractivity contribution in [3.63, 3.8) is 0 Å². The maximum atomic E-state index is 13.5. The molecule has 3 aromatic rings. The Bertz CT molecular complexity index is 1170. The zero-order valence-corrected chi connectivity index (χ0v) is 19.2. The molecule has 0 radical (unpaired) electrons. The third kappa shape index (κ3) is 5.30. The van der Waals surface area contributed by atoms with Crippen molar-refractivity contribution < 1.29 is 18.4 Å². The Morgan fingerprint density at radius 2 is 1.65 bits per heavy atom. The number of likely N-dealkylation sites (tertiary alicyclic amines) is 1. The van der Waals surface area contributed by atoms with Crippen LogP contribution >= 0.6 is 0 Å². The number of nitrogens with zero attached hydrogens (tertiary/aromatic N) is 2. The van der Waals surface area contributed by atoms with Gasteiger partial charge in [-0.2, -0.15) is 0 Å². The third-order valence-electron chi connectivity index (χ3n) is 6.23. The highest BCUT2D eigenvalue weighted by Gasteiger charge is 2.29. The third-order valence-corrected chi connectivity index (χ3v) is 6.23. The number of halogens is 2. The number of amides is 2. The predicted octanol–water partition coefficient (Wildman–Crippen LogP) is 5.18. The molecule has 0 spiro atoms. The molecular formula is C27H27F2N3O2. The van der Waals surface area contributed by atoms with Crippen LogP contribution in [-0.4, -0.2) is 34.8 Å². The van der Waals surface area contributed by atoms with Gasteiger partial charge in [0.05, 0.1) is 17.3 Å². The van der Waals surface area contributed by atoms with Gasteiger partial charge >= 0.3 is 0 Å². The minimum Gasteiger partial charge on any atom is -0.345 e. The summed E-state index contributed by atoms with van der Waals surface area (Å²) in [5, 5.41) is 3.06. The Morgan fingerprint density at radius 1 is 1.00 bits per heavy atom. The van der Waals surface area contributed by atoms with Crippen molar-refractivity contribution in [2.75, 3.05) is 13.1 Å². The fourth-order valence-corrected chi connectivity index (χ4v) is 4.40. The highest BCUT2D eigenvalue weighted by molar-refractivity contribution is 5.96. The van der Waals surface area contributed by atoms with Gasteiger partial charge in [-0.1, -0.05) is 30.3 Å². The summed E-state index contributed by atoms with van der Waals surface area (Å²) < 4.78 is 27.1. The van der Waals surface area contributed by atoms with Crippen LogP contribution in [0.2, 0.25) is 0 Å². The molecule has 1 atom stereocenters. The highest BCUT2D eigenvalue weighted by Crippen LogP contribution is 2.30. The molecule has 1 aromatic heterocycles. The topological polar surface area (TPSA) is 62.3 Å². The number of hydrogen-bond donors (Lipinski definition) is 1. The summed E-state index contributed by atoms with van der Waals surface area (Å²) in [6, 6.07) is 16.1. The Kier molecular flexibility index (Phi) is 7.01. The fraction of sp³-hybridized carbons (Fsp3) is 0.296. The van der Waals surface area contributed by atoms with Crippen molar-refractivity contribution in [3.05, 3.63) is 100 Å². The van der Waals surface area contributed by atoms with Crippen LogP contribution in [0.1, 0.15) is 69.4 Å². The van der Waals surface area contributed by atoms with E-state index in [0.717, 1.165) is 35.2 Å². The van der Waals surface area contributed by atoms with Crippen molar-refractivity contribution in [1.82, 2.24) is 15.2 Å². The normalized spacial score (nSPS) is 15.1. The number of rotatable bonds is 5. The monoisotopic (exact) mass is 463 g/mol. The molecule has 1 saturated heterocycles. The van der Waals surface area contributed by atoms with Gasteiger partial charge in [-0.3, -0.25) is 14.6 Å². The smallest absolute Gasteiger partial charge is 0.254 e. The lowest BCUT2D eigenvalue weighted by Gasteiger charge is -2.32. The average molecular weight is 464 g/mol. The van der Waals surface area contributed by atoms with Gasteiger partial charge in [0, 0.05) is 36.3 Å². The molecule has 2 amide bonds. The standard InChI is InChI=1S/C27H27F2N3O2/c1-17-8-9-24(26(33)31-18(2)19-6-4-3-5-7-19)25(30-17)20-10-12-32(13-11-20)27(34)21-14-22(28)16-23(29)15-21/h3-9,14-16,18,20H,10-13H2,1-2H3,(H,31,33). The van der Waals surface area contributed by atoms with E-state index in [4.69, 9.17) is 0 Å². The van der Waals surface area contributed by atoms with Crippen LogP contribution in [0.25, 0.3) is 0 Å². The van der Waals surface area contributed by atoms with E-state index in [-0.39, 0.29) is 23.4 Å². The summed E-state index contributed by atoms with van der Waals surface area (Å²) in [7, 11) is 0. The van der Waals surface area contributed by atoms with Crippen molar-refractivity contribution >= 4 is 11.8 Å². The molecule has 2 aromatic carbocycles. The maximum Gasteiger partial charge on any atom is 0.254 e. The summed E-state index contributed by atoms with van der Waals surface area (Å²) in [5.41, 5.74) is 3.08. The van der Waals surface area contributed by atoms with E-state index < -0.39 is 17.5 Å². The first-order valence-electron chi connectivity index (χ1n) is 11.4. The molecule has 1 N–H and O–H groups in total. The van der Waals surface area contributed by atoms with E-state index in [1.54, 1.807) is 11.0 Å². The van der Waals surface area contributed by atoms with Crippen molar-refractivity contribution in [2.24, 2.45) is 0 Å². The van der Waals surface area contributed by atoms with Gasteiger partial charge in [0.25, 0.3) is 11.8 Å². The van der Waals surface area contributed by atoms with Gasteiger partial charge in [0.1, 0.15) is 11.6 Å². The number of nitrogens with one attached hydrogen (secondary N) is 1. The number of carbonyl (C=O) groups excluding carboxylic acids is 2. The maximum absolute atomic E-state index is 13.5. The first-order chi connectivity index (χ1) is 16.3. The van der Waals surface area contributed by atoms with E-state index >= 15 is 0 Å². The van der Waals surface area contributed by atoms with E-state index in [9.17, 15) is 18.4 Å². The lowest BCUT2D eigenvalue weighted by atomic mass is 9.89. The molecule has 1 unspecified atom stereocenters. The molecule has 0 aliphatic carbocycles. The fourth-order valence-electron chi connectivity index (χ4n) is 4.40. The molecule has 2 heterocycles. The molecule has 0 bridgehead atoms. The van der Waals surface area contributed by atoms with E-state index in [1.807, 2.05) is 50.2 Å². The van der Waals surface area contributed by atoms with Crippen LogP contribution in [0.3, 0.4) is 0 Å². The predicted molar refractivity (Wildman–Crippen MR) is 126 cm³/mol. The Morgan fingerprint density at radius 3 is 2.29 bits per heavy atom. The van der Waals surface area contributed by atoms with Crippen molar-refractivity contribution in [3.8, 4) is 0 Å². The number of aromatic nitrogens is 1. The molecule has 1 fully saturated rings. The lowest BCUT2D eigenvalue weighted by molar-refractivity contribution is 0.0709. The second-order valence-corrected chi connectivity index (χ2v) is 8.72. The SMILES string of the molecule is Cc1ccc(C(=O)NC(C)c2ccccc2)c(C2CCN(C(=O)c3cc(F)cc(F)c3)CC2)n1. The Hall–Kier alpha value is -3.61. The van der Waals surface area contributed by atoms with Gasteiger partial charge in [-0.05, 0) is 56.5 Å². The second kappa shape index (κ2) is 10.1. The van der Waals surface area contributed by atoms with Gasteiger partial charge in [0.2, 0.25) is 0 Å². The summed E-state index contributed by atoms with van der Waals surface area (Å²) in [6.45, 7) is 4.65. The Labute approximate surface area is 197 Å². The molecule has 1 aliphatic rings. The molecule has 4 rings (SSSR count). The largest absolute Gasteiger partial charge is 0.345 e. The van der Waals surface area contributed by atoms with Gasteiger partial charge in [0.15, 0.2) is 0 Å². The quantitative estimate of drug-likeness (QED) is 0.567. The number of piperidine rings is 1. The van der Waals surface area contributed by atoms with Crippen LogP contribution in [0.5, 0.6) is 0 Å². The number of pyridine rings is 1. The van der Waals surface area contributed by atoms with E-state index in [0.29, 0.717) is 31.5 Å². The summed E-state index contributed by atoms with van der Waals surface area (Å²) in [5.74, 6) is -2.14. The number of benzene rings is 2. The first kappa shape index (κ1) is 23.5. The van der Waals surface area contributed by atoms with E-state index in [2.05, 4.69) is 10.3 Å². The molecule has 34 heavy (non-hydrogen) atoms. The van der Waals surface area contributed by atoms with Gasteiger partial charge in [-0.15, -0.1) is 0 Å². The minimum atomic E-state index is -0.775. The van der Waals surface area contributed by atoms with Crippen LogP contribution in [-0.2, 0) is 0 Å². The zero-order chi connectivity index (χ0) is 24.2. The average Bonchev–Trinajstić information content (AvgIpc) is 2.83. The number of carbonyl (C=O) groups is 2. The van der Waals surface area contributed by atoms with Gasteiger partial charge < -0.3 is 10.2 Å².